The summed E-state index contributed by atoms with van der Waals surface area (Å²) in [6.07, 6.45) is 1.37. The summed E-state index contributed by atoms with van der Waals surface area (Å²) >= 11 is 0. The van der Waals surface area contributed by atoms with E-state index in [0.29, 0.717) is 17.0 Å². The number of aromatic amines is 1. The van der Waals surface area contributed by atoms with Crippen molar-refractivity contribution in [2.24, 2.45) is 0 Å². The highest BCUT2D eigenvalue weighted by molar-refractivity contribution is 5.75. The van der Waals surface area contributed by atoms with E-state index in [-0.39, 0.29) is 19.0 Å². The molecule has 134 valence electrons. The number of carbonyl (C=O) groups is 1. The highest BCUT2D eigenvalue weighted by Crippen LogP contribution is 2.19. The number of aromatic nitrogens is 3. The van der Waals surface area contributed by atoms with Crippen LogP contribution in [0.1, 0.15) is 11.3 Å². The first-order chi connectivity index (χ1) is 12.4. The van der Waals surface area contributed by atoms with Crippen LogP contribution >= 0.6 is 0 Å². The number of nitrogens with one attached hydrogen (secondary N) is 1. The summed E-state index contributed by atoms with van der Waals surface area (Å²) in [5.41, 5.74) is 0.902. The van der Waals surface area contributed by atoms with Gasteiger partial charge in [0.2, 0.25) is 5.91 Å². The maximum atomic E-state index is 12.4. The molecular formula is C18H18N4O4. The Morgan fingerprint density at radius 3 is 2.73 bits per heavy atom. The Morgan fingerprint density at radius 1 is 1.27 bits per heavy atom. The Hall–Kier alpha value is -3.42. The number of rotatable bonds is 5. The molecule has 0 saturated carbocycles. The van der Waals surface area contributed by atoms with Crippen LogP contribution in [0.2, 0.25) is 0 Å². The number of H-pyrrole nitrogens is 1. The second-order valence-electron chi connectivity index (χ2n) is 5.99. The van der Waals surface area contributed by atoms with E-state index in [1.165, 1.54) is 15.7 Å². The van der Waals surface area contributed by atoms with Gasteiger partial charge in [0.05, 0.1) is 6.54 Å². The van der Waals surface area contributed by atoms with Gasteiger partial charge in [-0.15, -0.1) is 0 Å². The highest BCUT2D eigenvalue weighted by Gasteiger charge is 2.15. The van der Waals surface area contributed by atoms with Crippen LogP contribution in [-0.4, -0.2) is 32.6 Å². The van der Waals surface area contributed by atoms with E-state index in [1.807, 2.05) is 30.3 Å². The van der Waals surface area contributed by atoms with Gasteiger partial charge in [-0.2, -0.15) is 0 Å². The number of carbonyl (C=O) groups excluding carboxylic acids is 1. The molecule has 0 bridgehead atoms. The molecule has 0 aliphatic carbocycles. The van der Waals surface area contributed by atoms with Crippen molar-refractivity contribution in [1.29, 1.82) is 0 Å². The minimum Gasteiger partial charge on any atom is -0.359 e. The highest BCUT2D eigenvalue weighted by atomic mass is 16.5. The summed E-state index contributed by atoms with van der Waals surface area (Å²) in [5, 5.41) is 4.01. The van der Waals surface area contributed by atoms with Crippen LogP contribution in [0.5, 0.6) is 0 Å². The first-order valence-corrected chi connectivity index (χ1v) is 7.99. The van der Waals surface area contributed by atoms with Crippen molar-refractivity contribution in [1.82, 2.24) is 19.6 Å². The smallest absolute Gasteiger partial charge is 0.328 e. The molecule has 8 heteroatoms. The van der Waals surface area contributed by atoms with E-state index in [2.05, 4.69) is 10.1 Å². The Kier molecular flexibility index (Phi) is 4.83. The largest absolute Gasteiger partial charge is 0.359 e. The maximum absolute atomic E-state index is 12.4. The maximum Gasteiger partial charge on any atom is 0.328 e. The lowest BCUT2D eigenvalue weighted by Gasteiger charge is -2.16. The monoisotopic (exact) mass is 354 g/mol. The zero-order valence-electron chi connectivity index (χ0n) is 14.4. The van der Waals surface area contributed by atoms with Crippen molar-refractivity contribution in [3.63, 3.8) is 0 Å². The SMILES string of the molecule is Cc1cn(CC(=O)N(C)Cc2cc(-c3ccccc3)no2)c(=O)[nH]c1=O. The summed E-state index contributed by atoms with van der Waals surface area (Å²) in [6.45, 7) is 1.62. The number of likely N-dealkylation sites (N-methyl/N-ethyl adjacent to an activating group) is 1. The lowest BCUT2D eigenvalue weighted by Crippen LogP contribution is -2.37. The molecule has 3 rings (SSSR count). The molecule has 8 nitrogen and oxygen atoms in total. The summed E-state index contributed by atoms with van der Waals surface area (Å²) in [7, 11) is 1.61. The number of hydrogen-bond donors (Lipinski definition) is 1. The summed E-state index contributed by atoms with van der Waals surface area (Å²) in [6, 6.07) is 11.3. The third kappa shape index (κ3) is 3.80. The summed E-state index contributed by atoms with van der Waals surface area (Å²) < 4.78 is 6.46. The molecule has 0 spiro atoms. The Bertz CT molecular complexity index is 1030. The normalized spacial score (nSPS) is 10.7. The lowest BCUT2D eigenvalue weighted by atomic mass is 10.1. The van der Waals surface area contributed by atoms with Crippen LogP contribution in [0, 0.1) is 6.92 Å². The topological polar surface area (TPSA) is 101 Å². The van der Waals surface area contributed by atoms with Crippen LogP contribution in [0.4, 0.5) is 0 Å². The molecule has 0 aliphatic heterocycles. The Morgan fingerprint density at radius 2 is 2.00 bits per heavy atom. The molecule has 2 heterocycles. The van der Waals surface area contributed by atoms with Crippen molar-refractivity contribution in [3.05, 3.63) is 74.8 Å². The molecule has 2 aromatic heterocycles. The van der Waals surface area contributed by atoms with Gasteiger partial charge in [-0.05, 0) is 6.92 Å². The summed E-state index contributed by atoms with van der Waals surface area (Å²) in [4.78, 5) is 39.1. The zero-order valence-corrected chi connectivity index (χ0v) is 14.4. The van der Waals surface area contributed by atoms with E-state index >= 15 is 0 Å². The number of benzene rings is 1. The molecule has 0 unspecified atom stereocenters. The standard InChI is InChI=1S/C18H18N4O4/c1-12-9-22(18(25)19-17(12)24)11-16(23)21(2)10-14-8-15(20-26-14)13-6-4-3-5-7-13/h3-9H,10-11H2,1-2H3,(H,19,24,25). The molecule has 3 aromatic rings. The molecule has 0 fully saturated rings. The molecule has 0 radical (unpaired) electrons. The van der Waals surface area contributed by atoms with Gasteiger partial charge >= 0.3 is 5.69 Å². The minimum absolute atomic E-state index is 0.174. The zero-order chi connectivity index (χ0) is 18.7. The third-order valence-electron chi connectivity index (χ3n) is 3.94. The Labute approximate surface area is 148 Å². The van der Waals surface area contributed by atoms with Gasteiger partial charge in [0.15, 0.2) is 5.76 Å². The Balaban J connectivity index is 1.68. The van der Waals surface area contributed by atoms with Crippen LogP contribution in [-0.2, 0) is 17.9 Å². The quantitative estimate of drug-likeness (QED) is 0.741. The molecule has 0 saturated heterocycles. The summed E-state index contributed by atoms with van der Waals surface area (Å²) in [5.74, 6) is 0.237. The molecule has 1 amide bonds. The number of nitrogens with zero attached hydrogens (tertiary/aromatic N) is 3. The van der Waals surface area contributed by atoms with Crippen molar-refractivity contribution in [2.45, 2.75) is 20.0 Å². The van der Waals surface area contributed by atoms with Crippen molar-refractivity contribution < 1.29 is 9.32 Å². The van der Waals surface area contributed by atoms with Crippen LogP contribution < -0.4 is 11.2 Å². The van der Waals surface area contributed by atoms with Gasteiger partial charge in [0.25, 0.3) is 5.56 Å². The fraction of sp³-hybridized carbons (Fsp3) is 0.222. The minimum atomic E-state index is -0.617. The fourth-order valence-corrected chi connectivity index (χ4v) is 2.46. The average molecular weight is 354 g/mol. The second kappa shape index (κ2) is 7.22. The molecule has 26 heavy (non-hydrogen) atoms. The van der Waals surface area contributed by atoms with Gasteiger partial charge in [-0.1, -0.05) is 35.5 Å². The van der Waals surface area contributed by atoms with Crippen molar-refractivity contribution in [2.75, 3.05) is 7.05 Å². The molecular weight excluding hydrogens is 336 g/mol. The molecule has 1 N–H and O–H groups in total. The first-order valence-electron chi connectivity index (χ1n) is 7.99. The van der Waals surface area contributed by atoms with E-state index < -0.39 is 11.2 Å². The van der Waals surface area contributed by atoms with E-state index in [0.717, 1.165) is 5.56 Å². The van der Waals surface area contributed by atoms with Crippen LogP contribution in [0.25, 0.3) is 11.3 Å². The van der Waals surface area contributed by atoms with Crippen molar-refractivity contribution >= 4 is 5.91 Å². The van der Waals surface area contributed by atoms with E-state index in [4.69, 9.17) is 4.52 Å². The van der Waals surface area contributed by atoms with E-state index in [1.54, 1.807) is 20.0 Å². The average Bonchev–Trinajstić information content (AvgIpc) is 3.09. The van der Waals surface area contributed by atoms with Crippen LogP contribution in [0.3, 0.4) is 0 Å². The first kappa shape index (κ1) is 17.4. The number of hydrogen-bond acceptors (Lipinski definition) is 5. The number of aryl methyl sites for hydroxylation is 1. The molecule has 0 aliphatic rings. The van der Waals surface area contributed by atoms with Gasteiger partial charge in [0, 0.05) is 30.4 Å². The van der Waals surface area contributed by atoms with Gasteiger partial charge in [-0.25, -0.2) is 4.79 Å². The van der Waals surface area contributed by atoms with E-state index in [9.17, 15) is 14.4 Å². The molecule has 1 aromatic carbocycles. The predicted molar refractivity (Wildman–Crippen MR) is 94.5 cm³/mol. The third-order valence-corrected chi connectivity index (χ3v) is 3.94. The number of amides is 1. The van der Waals surface area contributed by atoms with Gasteiger partial charge < -0.3 is 9.42 Å². The lowest BCUT2D eigenvalue weighted by molar-refractivity contribution is -0.131. The second-order valence-corrected chi connectivity index (χ2v) is 5.99. The van der Waals surface area contributed by atoms with Crippen molar-refractivity contribution in [3.8, 4) is 11.3 Å². The van der Waals surface area contributed by atoms with Gasteiger partial charge in [0.1, 0.15) is 12.2 Å². The molecule has 0 atom stereocenters. The predicted octanol–water partition coefficient (Wildman–Crippen LogP) is 1.16. The fourth-order valence-electron chi connectivity index (χ4n) is 2.46. The van der Waals surface area contributed by atoms with Gasteiger partial charge in [-0.3, -0.25) is 19.1 Å². The van der Waals surface area contributed by atoms with Crippen LogP contribution in [0.15, 0.2) is 56.7 Å².